The molecule has 230 valence electrons. The summed E-state index contributed by atoms with van der Waals surface area (Å²) in [5.41, 5.74) is -8.53. The smallest absolute Gasteiger partial charge is 0.275 e. The Kier molecular flexibility index (Phi) is 8.35. The summed E-state index contributed by atoms with van der Waals surface area (Å²) in [6.07, 6.45) is -8.15. The molecule has 0 amide bonds. The van der Waals surface area contributed by atoms with Gasteiger partial charge in [0, 0.05) is 0 Å². The second-order valence-electron chi connectivity index (χ2n) is 6.74. The van der Waals surface area contributed by atoms with Crippen LogP contribution in [-0.2, 0) is 0 Å². The molecule has 0 aromatic carbocycles. The summed E-state index contributed by atoms with van der Waals surface area (Å²) < 4.78 is 323. The molecule has 0 bridgehead atoms. The molecule has 0 saturated heterocycles. The first-order chi connectivity index (χ1) is 15.8. The highest BCUT2D eigenvalue weighted by molar-refractivity contribution is 7.18. The fourth-order valence-corrected chi connectivity index (χ4v) is 3.20. The molecule has 0 nitrogen and oxygen atoms in total. The predicted molar refractivity (Wildman–Crippen MR) is 69.3 cm³/mol. The van der Waals surface area contributed by atoms with Crippen LogP contribution in [0.4, 0.5) is 109 Å². The van der Waals surface area contributed by atoms with E-state index in [1.165, 1.54) is 0 Å². The quantitative estimate of drug-likeness (QED) is 0.131. The van der Waals surface area contributed by atoms with Crippen molar-refractivity contribution in [3.8, 4) is 0 Å². The van der Waals surface area contributed by atoms with Gasteiger partial charge in [-0.25, -0.2) is 0 Å². The lowest BCUT2D eigenvalue weighted by atomic mass is 9.87. The molecule has 0 spiro atoms. The molecule has 0 rings (SSSR count). The van der Waals surface area contributed by atoms with Crippen molar-refractivity contribution in [2.75, 3.05) is 0 Å². The van der Waals surface area contributed by atoms with Crippen LogP contribution >= 0.6 is 11.1 Å². The van der Waals surface area contributed by atoms with E-state index in [1.54, 1.807) is 0 Å². The maximum atomic E-state index is 13.4. The van der Waals surface area contributed by atoms with Gasteiger partial charge >= 0.3 is 72.6 Å². The molecule has 0 aliphatic carbocycles. The van der Waals surface area contributed by atoms with Crippen LogP contribution in [0.1, 0.15) is 0 Å². The van der Waals surface area contributed by atoms with Crippen LogP contribution in [0.3, 0.4) is 0 Å². The molecule has 38 heavy (non-hydrogen) atoms. The normalized spacial score (nSPS) is 18.5. The van der Waals surface area contributed by atoms with Gasteiger partial charge in [0.1, 0.15) is 0 Å². The van der Waals surface area contributed by atoms with Crippen molar-refractivity contribution in [3.05, 3.63) is 0 Å². The highest BCUT2D eigenvalue weighted by Crippen LogP contribution is 2.67. The number of hydrogen-bond donors (Lipinski definition) is 0. The zero-order valence-corrected chi connectivity index (χ0v) is 17.6. The highest BCUT2D eigenvalue weighted by Gasteiger charge is 2.99. The van der Waals surface area contributed by atoms with Crippen molar-refractivity contribution < 1.29 is 109 Å². The average molecular weight is 671 g/mol. The number of rotatable bonds is 9. The molecular weight excluding hydrogens is 671 g/mol. The third kappa shape index (κ3) is 4.14. The van der Waals surface area contributed by atoms with Crippen LogP contribution in [-0.4, -0.2) is 72.6 Å². The van der Waals surface area contributed by atoms with Gasteiger partial charge in [-0.15, -0.1) is 11.1 Å². The summed E-state index contributed by atoms with van der Waals surface area (Å²) in [6.45, 7) is 0. The topological polar surface area (TPSA) is 0 Å². The molecule has 0 aliphatic heterocycles. The molecule has 0 aromatic rings. The minimum atomic E-state index is -9.55. The van der Waals surface area contributed by atoms with Gasteiger partial charge in [-0.1, -0.05) is 0 Å². The van der Waals surface area contributed by atoms with Gasteiger partial charge in [-0.2, -0.15) is 105 Å². The molecule has 0 saturated carbocycles. The maximum absolute atomic E-state index is 13.4. The zero-order chi connectivity index (χ0) is 32.0. The zero-order valence-electron chi connectivity index (χ0n) is 15.8. The fourth-order valence-electron chi connectivity index (χ4n) is 1.93. The van der Waals surface area contributed by atoms with Crippen molar-refractivity contribution >= 4 is 18.8 Å². The Morgan fingerprint density at radius 3 is 0.684 bits per heavy atom. The monoisotopic (exact) mass is 670 g/mol. The van der Waals surface area contributed by atoms with E-state index < -0.39 is 72.6 Å². The Morgan fingerprint density at radius 1 is 0.316 bits per heavy atom. The molecule has 0 heterocycles. The van der Waals surface area contributed by atoms with Crippen LogP contribution in [0.25, 0.3) is 0 Å². The van der Waals surface area contributed by atoms with Crippen molar-refractivity contribution in [2.24, 2.45) is 0 Å². The SMILES string of the molecule is FC(F)(F)C(F)(F)C(F)(F)C(F)(F)C(F)(F)C(F)(F)C(F)(F)C(F)(F)C(F)(F)C(F)(F)[Si](F)(Cl)C(F)(F)F. The lowest BCUT2D eigenvalue weighted by molar-refractivity contribution is -0.472. The standard InChI is InChI=1S/C11ClF25Si/c12-38(37,11(34,35)36)10(32,33)8(27,28)6(23,24)4(19,20)2(15,16)1(13,14)3(17,18)5(21,22)7(25,26)9(29,30)31. The minimum absolute atomic E-state index is 3.37. The van der Waals surface area contributed by atoms with E-state index in [1.807, 2.05) is 0 Å². The van der Waals surface area contributed by atoms with Crippen molar-refractivity contribution in [1.29, 1.82) is 0 Å². The molecule has 0 aliphatic rings. The summed E-state index contributed by atoms with van der Waals surface area (Å²) >= 11 is 3.37. The molecular formula is C11ClF25Si. The van der Waals surface area contributed by atoms with Crippen LogP contribution in [0.5, 0.6) is 0 Å². The van der Waals surface area contributed by atoms with Crippen molar-refractivity contribution in [3.63, 3.8) is 0 Å². The van der Waals surface area contributed by atoms with E-state index in [-0.39, 0.29) is 0 Å². The van der Waals surface area contributed by atoms with Crippen molar-refractivity contribution in [1.82, 2.24) is 0 Å². The average Bonchev–Trinajstić information content (AvgIpc) is 2.64. The number of hydrogen-bond acceptors (Lipinski definition) is 0. The first kappa shape index (κ1) is 36.8. The Morgan fingerprint density at radius 2 is 0.500 bits per heavy atom. The summed E-state index contributed by atoms with van der Waals surface area (Å²) in [7, 11) is -9.52. The number of halogens is 26. The second-order valence-corrected chi connectivity index (χ2v) is 10.6. The van der Waals surface area contributed by atoms with E-state index in [2.05, 4.69) is 11.1 Å². The maximum Gasteiger partial charge on any atom is 0.532 e. The molecule has 0 N–H and O–H groups in total. The minimum Gasteiger partial charge on any atom is -0.275 e. The lowest BCUT2D eigenvalue weighted by Crippen LogP contribution is -2.78. The van der Waals surface area contributed by atoms with E-state index in [0.29, 0.717) is 0 Å². The van der Waals surface area contributed by atoms with Crippen LogP contribution in [0.2, 0.25) is 0 Å². The Bertz CT molecular complexity index is 803. The summed E-state index contributed by atoms with van der Waals surface area (Å²) in [5.74, 6) is -81.7. The fraction of sp³-hybridized carbons (Fsp3) is 1.00. The van der Waals surface area contributed by atoms with Crippen LogP contribution in [0, 0.1) is 0 Å². The number of alkyl halides is 24. The molecule has 0 fully saturated rings. The van der Waals surface area contributed by atoms with E-state index in [4.69, 9.17) is 0 Å². The van der Waals surface area contributed by atoms with Gasteiger partial charge < -0.3 is 0 Å². The Hall–Kier alpha value is -1.24. The highest BCUT2D eigenvalue weighted by atomic mass is 35.6. The van der Waals surface area contributed by atoms with E-state index >= 15 is 0 Å². The third-order valence-electron chi connectivity index (χ3n) is 4.26. The summed E-state index contributed by atoms with van der Waals surface area (Å²) in [6, 6.07) is 0. The van der Waals surface area contributed by atoms with Gasteiger partial charge in [0.2, 0.25) is 0 Å². The third-order valence-corrected chi connectivity index (χ3v) is 7.43. The van der Waals surface area contributed by atoms with E-state index in [9.17, 15) is 109 Å². The van der Waals surface area contributed by atoms with Gasteiger partial charge in [0.25, 0.3) is 0 Å². The second kappa shape index (κ2) is 8.63. The first-order valence-electron chi connectivity index (χ1n) is 7.66. The summed E-state index contributed by atoms with van der Waals surface area (Å²) in [5, 5.41) is 0. The predicted octanol–water partition coefficient (Wildman–Crippen LogP) is 8.56. The molecule has 27 heteroatoms. The molecule has 1 unspecified atom stereocenters. The van der Waals surface area contributed by atoms with Crippen LogP contribution < -0.4 is 0 Å². The van der Waals surface area contributed by atoms with Crippen molar-refractivity contribution in [2.45, 2.75) is 64.9 Å². The van der Waals surface area contributed by atoms with Gasteiger partial charge in [-0.05, 0) is 0 Å². The first-order valence-corrected chi connectivity index (χ1v) is 10.6. The summed E-state index contributed by atoms with van der Waals surface area (Å²) in [4.78, 5) is 0. The van der Waals surface area contributed by atoms with Gasteiger partial charge in [0.15, 0.2) is 0 Å². The Balaban J connectivity index is 7.29. The lowest BCUT2D eigenvalue weighted by Gasteiger charge is -2.45. The molecule has 1 atom stereocenters. The Labute approximate surface area is 194 Å². The molecule has 0 aromatic heterocycles. The van der Waals surface area contributed by atoms with Gasteiger partial charge in [0.05, 0.1) is 0 Å². The molecule has 0 radical (unpaired) electrons. The largest absolute Gasteiger partial charge is 0.532 e. The van der Waals surface area contributed by atoms with Crippen LogP contribution in [0.15, 0.2) is 0 Å². The van der Waals surface area contributed by atoms with E-state index in [0.717, 1.165) is 0 Å². The van der Waals surface area contributed by atoms with Gasteiger partial charge in [-0.3, -0.25) is 4.11 Å².